The highest BCUT2D eigenvalue weighted by atomic mass is 32.2. The number of ether oxygens (including phenoxy) is 1. The fraction of sp³-hybridized carbons (Fsp3) is 0.588. The normalized spacial score (nSPS) is 15.4. The van der Waals surface area contributed by atoms with Gasteiger partial charge in [-0.1, -0.05) is 13.8 Å². The Morgan fingerprint density at radius 3 is 2.48 bits per heavy atom. The maximum absolute atomic E-state index is 12.6. The molecule has 1 amide bonds. The van der Waals surface area contributed by atoms with Crippen LogP contribution in [-0.4, -0.2) is 54.4 Å². The van der Waals surface area contributed by atoms with E-state index in [4.69, 9.17) is 4.74 Å². The van der Waals surface area contributed by atoms with E-state index in [9.17, 15) is 22.8 Å². The zero-order chi connectivity index (χ0) is 20.2. The number of pyridine rings is 1. The Balaban J connectivity index is 2.10. The summed E-state index contributed by atoms with van der Waals surface area (Å²) in [6, 6.07) is 2.44. The first kappa shape index (κ1) is 21.1. The third-order valence-electron chi connectivity index (χ3n) is 4.20. The number of aromatic nitrogens is 1. The van der Waals surface area contributed by atoms with E-state index in [-0.39, 0.29) is 24.0 Å². The van der Waals surface area contributed by atoms with Crippen molar-refractivity contribution in [2.45, 2.75) is 57.2 Å². The number of carbonyl (C=O) groups is 2. The molecule has 2 rings (SSSR count). The molecule has 1 aliphatic carbocycles. The topological polar surface area (TPSA) is 115 Å². The summed E-state index contributed by atoms with van der Waals surface area (Å²) >= 11 is 0. The average Bonchev–Trinajstić information content (AvgIpc) is 3.41. The molecule has 1 N–H and O–H groups in total. The fourth-order valence-corrected chi connectivity index (χ4v) is 3.95. The maximum Gasteiger partial charge on any atom is 0.326 e. The minimum atomic E-state index is -3.76. The molecule has 0 saturated heterocycles. The summed E-state index contributed by atoms with van der Waals surface area (Å²) in [6.45, 7) is 4.95. The monoisotopic (exact) mass is 399 g/mol. The van der Waals surface area contributed by atoms with Gasteiger partial charge in [-0.2, -0.15) is 4.31 Å². The van der Waals surface area contributed by atoms with Crippen molar-refractivity contribution in [1.82, 2.24) is 14.2 Å². The number of amides is 1. The molecule has 10 heteroatoms. The molecule has 150 valence electrons. The summed E-state index contributed by atoms with van der Waals surface area (Å²) in [7, 11) is -3.76. The molecule has 27 heavy (non-hydrogen) atoms. The molecule has 0 aliphatic heterocycles. The second-order valence-electron chi connectivity index (χ2n) is 6.34. The molecule has 0 unspecified atom stereocenters. The smallest absolute Gasteiger partial charge is 0.326 e. The van der Waals surface area contributed by atoms with E-state index in [1.165, 1.54) is 17.3 Å². The number of nitrogens with one attached hydrogen (secondary N) is 1. The van der Waals surface area contributed by atoms with E-state index < -0.39 is 40.1 Å². The quantitative estimate of drug-likeness (QED) is 0.589. The predicted octanol–water partition coefficient (Wildman–Crippen LogP) is 0.0891. The van der Waals surface area contributed by atoms with Crippen LogP contribution in [0.2, 0.25) is 0 Å². The van der Waals surface area contributed by atoms with Crippen molar-refractivity contribution in [3.63, 3.8) is 0 Å². The Labute approximate surface area is 158 Å². The molecule has 1 fully saturated rings. The predicted molar refractivity (Wildman–Crippen MR) is 97.5 cm³/mol. The van der Waals surface area contributed by atoms with Gasteiger partial charge >= 0.3 is 5.97 Å². The molecule has 1 aromatic heterocycles. The number of hydrogen-bond donors (Lipinski definition) is 1. The summed E-state index contributed by atoms with van der Waals surface area (Å²) in [5.74, 6) is -1.19. The summed E-state index contributed by atoms with van der Waals surface area (Å²) in [6.07, 6.45) is 1.95. The van der Waals surface area contributed by atoms with Crippen LogP contribution in [0.5, 0.6) is 0 Å². The molecule has 0 spiro atoms. The first-order chi connectivity index (χ1) is 12.7. The van der Waals surface area contributed by atoms with E-state index >= 15 is 0 Å². The van der Waals surface area contributed by atoms with Gasteiger partial charge in [0.1, 0.15) is 6.54 Å². The van der Waals surface area contributed by atoms with Crippen molar-refractivity contribution in [1.29, 1.82) is 0 Å². The molecule has 1 atom stereocenters. The Hall–Kier alpha value is -2.20. The van der Waals surface area contributed by atoms with Crippen molar-refractivity contribution in [3.8, 4) is 0 Å². The molecule has 9 nitrogen and oxygen atoms in total. The van der Waals surface area contributed by atoms with Gasteiger partial charge in [-0.25, -0.2) is 8.42 Å². The number of hydrogen-bond acceptors (Lipinski definition) is 6. The van der Waals surface area contributed by atoms with Gasteiger partial charge in [-0.15, -0.1) is 0 Å². The standard InChI is InChI=1S/C17H25N3O6S/c1-4-20(5-2)27(24,25)14-8-9-15(21)19(10-14)11-16(22)26-12(3)17(23)18-13-6-7-13/h8-10,12-13H,4-7,11H2,1-3H3,(H,18,23)/t12-/m1/s1. The Morgan fingerprint density at radius 1 is 1.30 bits per heavy atom. The summed E-state index contributed by atoms with van der Waals surface area (Å²) in [4.78, 5) is 35.8. The lowest BCUT2D eigenvalue weighted by atomic mass is 10.3. The van der Waals surface area contributed by atoms with Crippen LogP contribution < -0.4 is 10.9 Å². The van der Waals surface area contributed by atoms with Gasteiger partial charge in [-0.3, -0.25) is 14.4 Å². The number of esters is 1. The van der Waals surface area contributed by atoms with E-state index in [1.807, 2.05) is 0 Å². The average molecular weight is 399 g/mol. The van der Waals surface area contributed by atoms with Crippen molar-refractivity contribution in [3.05, 3.63) is 28.7 Å². The number of carbonyl (C=O) groups excluding carboxylic acids is 2. The lowest BCUT2D eigenvalue weighted by molar-refractivity contribution is -0.155. The van der Waals surface area contributed by atoms with Crippen LogP contribution >= 0.6 is 0 Å². The molecule has 1 aromatic rings. The first-order valence-corrected chi connectivity index (χ1v) is 10.3. The second kappa shape index (κ2) is 8.66. The van der Waals surface area contributed by atoms with Crippen LogP contribution in [0, 0.1) is 0 Å². The SMILES string of the molecule is CCN(CC)S(=O)(=O)c1ccc(=O)n(CC(=O)O[C@H](C)C(=O)NC2CC2)c1. The summed E-state index contributed by atoms with van der Waals surface area (Å²) < 4.78 is 32.4. The number of rotatable bonds is 9. The van der Waals surface area contributed by atoms with Gasteiger partial charge in [-0.05, 0) is 25.8 Å². The minimum absolute atomic E-state index is 0.0851. The van der Waals surface area contributed by atoms with Crippen LogP contribution in [0.15, 0.2) is 28.0 Å². The first-order valence-electron chi connectivity index (χ1n) is 8.89. The molecule has 1 saturated carbocycles. The summed E-state index contributed by atoms with van der Waals surface area (Å²) in [5.41, 5.74) is -0.541. The second-order valence-corrected chi connectivity index (χ2v) is 8.27. The third-order valence-corrected chi connectivity index (χ3v) is 6.23. The van der Waals surface area contributed by atoms with Crippen molar-refractivity contribution in [2.24, 2.45) is 0 Å². The van der Waals surface area contributed by atoms with Gasteiger partial charge in [0.15, 0.2) is 6.10 Å². The highest BCUT2D eigenvalue weighted by Crippen LogP contribution is 2.19. The van der Waals surface area contributed by atoms with Crippen molar-refractivity contribution < 1.29 is 22.7 Å². The molecule has 1 heterocycles. The van der Waals surface area contributed by atoms with Gasteiger partial charge in [0.25, 0.3) is 11.5 Å². The largest absolute Gasteiger partial charge is 0.451 e. The van der Waals surface area contributed by atoms with E-state index in [0.717, 1.165) is 29.7 Å². The van der Waals surface area contributed by atoms with E-state index in [0.29, 0.717) is 0 Å². The van der Waals surface area contributed by atoms with Crippen LogP contribution in [0.3, 0.4) is 0 Å². The van der Waals surface area contributed by atoms with Gasteiger partial charge < -0.3 is 14.6 Å². The van der Waals surface area contributed by atoms with Crippen LogP contribution in [0.4, 0.5) is 0 Å². The number of nitrogens with zero attached hydrogens (tertiary/aromatic N) is 2. The lowest BCUT2D eigenvalue weighted by Gasteiger charge is -2.19. The molecule has 0 bridgehead atoms. The molecule has 1 aliphatic rings. The molecular formula is C17H25N3O6S. The molecular weight excluding hydrogens is 374 g/mol. The zero-order valence-electron chi connectivity index (χ0n) is 15.7. The lowest BCUT2D eigenvalue weighted by Crippen LogP contribution is -2.38. The van der Waals surface area contributed by atoms with Gasteiger partial charge in [0.05, 0.1) is 4.90 Å². The third kappa shape index (κ3) is 5.39. The Bertz CT molecular complexity index is 856. The van der Waals surface area contributed by atoms with Crippen molar-refractivity contribution in [2.75, 3.05) is 13.1 Å². The van der Waals surface area contributed by atoms with E-state index in [1.54, 1.807) is 13.8 Å². The van der Waals surface area contributed by atoms with E-state index in [2.05, 4.69) is 5.32 Å². The summed E-state index contributed by atoms with van der Waals surface area (Å²) in [5, 5.41) is 2.72. The molecule has 0 radical (unpaired) electrons. The van der Waals surface area contributed by atoms with Gasteiger partial charge in [0, 0.05) is 31.4 Å². The fourth-order valence-electron chi connectivity index (χ4n) is 2.47. The van der Waals surface area contributed by atoms with Gasteiger partial charge in [0.2, 0.25) is 10.0 Å². The van der Waals surface area contributed by atoms with Crippen LogP contribution in [0.25, 0.3) is 0 Å². The Kier molecular flexibility index (Phi) is 6.77. The maximum atomic E-state index is 12.6. The number of sulfonamides is 1. The van der Waals surface area contributed by atoms with Crippen LogP contribution in [-0.2, 0) is 30.9 Å². The zero-order valence-corrected chi connectivity index (χ0v) is 16.5. The highest BCUT2D eigenvalue weighted by molar-refractivity contribution is 7.89. The Morgan fingerprint density at radius 2 is 1.93 bits per heavy atom. The van der Waals surface area contributed by atoms with Crippen molar-refractivity contribution >= 4 is 21.9 Å². The minimum Gasteiger partial charge on any atom is -0.451 e. The molecule has 0 aromatic carbocycles. The van der Waals surface area contributed by atoms with Crippen LogP contribution in [0.1, 0.15) is 33.6 Å². The highest BCUT2D eigenvalue weighted by Gasteiger charge is 2.27.